The molecular weight excluding hydrogens is 348 g/mol. The van der Waals surface area contributed by atoms with E-state index in [0.717, 1.165) is 12.2 Å². The summed E-state index contributed by atoms with van der Waals surface area (Å²) in [6.45, 7) is 6.88. The molecule has 148 valence electrons. The minimum absolute atomic E-state index is 0.0858. The van der Waals surface area contributed by atoms with Crippen LogP contribution >= 0.6 is 0 Å². The van der Waals surface area contributed by atoms with Crippen LogP contribution in [0.4, 0.5) is 9.59 Å². The topological polar surface area (TPSA) is 129 Å². The first-order chi connectivity index (χ1) is 12.3. The quantitative estimate of drug-likeness (QED) is 0.328. The van der Waals surface area contributed by atoms with Gasteiger partial charge in [-0.2, -0.15) is 0 Å². The Morgan fingerprint density at radius 3 is 1.38 bits per heavy atom. The van der Waals surface area contributed by atoms with Crippen molar-refractivity contribution < 1.29 is 38.1 Å². The van der Waals surface area contributed by atoms with Crippen LogP contribution in [0.1, 0.15) is 27.7 Å². The normalized spacial score (nSPS) is 12.6. The van der Waals surface area contributed by atoms with Crippen molar-refractivity contribution >= 4 is 24.1 Å². The number of carbonyl (C=O) groups excluding carboxylic acids is 4. The van der Waals surface area contributed by atoms with E-state index in [0.29, 0.717) is 0 Å². The molecule has 10 heteroatoms. The van der Waals surface area contributed by atoms with Gasteiger partial charge in [0.2, 0.25) is 0 Å². The fourth-order valence-electron chi connectivity index (χ4n) is 1.48. The molecule has 0 fully saturated rings. The molecule has 10 nitrogen and oxygen atoms in total. The number of nitrogens with one attached hydrogen (secondary N) is 2. The third kappa shape index (κ3) is 12.6. The van der Waals surface area contributed by atoms with Crippen molar-refractivity contribution in [3.63, 3.8) is 0 Å². The molecule has 0 rings (SSSR count). The summed E-state index contributed by atoms with van der Waals surface area (Å²) in [4.78, 5) is 45.3. The van der Waals surface area contributed by atoms with Gasteiger partial charge >= 0.3 is 24.1 Å². The van der Waals surface area contributed by atoms with Crippen molar-refractivity contribution in [3.05, 3.63) is 12.2 Å². The maximum atomic E-state index is 11.5. The van der Waals surface area contributed by atoms with Gasteiger partial charge in [-0.15, -0.1) is 0 Å². The monoisotopic (exact) mass is 374 g/mol. The van der Waals surface area contributed by atoms with Gasteiger partial charge in [-0.05, 0) is 27.7 Å². The lowest BCUT2D eigenvalue weighted by Crippen LogP contribution is -2.37. The van der Waals surface area contributed by atoms with Crippen molar-refractivity contribution in [2.75, 3.05) is 26.4 Å². The van der Waals surface area contributed by atoms with Gasteiger partial charge in [0.25, 0.3) is 0 Å². The Morgan fingerprint density at radius 2 is 1.08 bits per heavy atom. The fourth-order valence-corrected chi connectivity index (χ4v) is 1.48. The number of ether oxygens (including phenoxy) is 4. The predicted octanol–water partition coefficient (Wildman–Crippen LogP) is 0.898. The van der Waals surface area contributed by atoms with Crippen molar-refractivity contribution in [1.29, 1.82) is 0 Å². The second-order valence-corrected chi connectivity index (χ2v) is 5.13. The van der Waals surface area contributed by atoms with Crippen LogP contribution in [0.25, 0.3) is 0 Å². The molecule has 0 saturated carbocycles. The number of hydrogen-bond donors (Lipinski definition) is 2. The van der Waals surface area contributed by atoms with E-state index in [-0.39, 0.29) is 26.4 Å². The summed E-state index contributed by atoms with van der Waals surface area (Å²) < 4.78 is 19.1. The number of hydrogen-bond acceptors (Lipinski definition) is 8. The Morgan fingerprint density at radius 1 is 0.731 bits per heavy atom. The van der Waals surface area contributed by atoms with Gasteiger partial charge in [0.05, 0.1) is 25.3 Å². The molecule has 0 spiro atoms. The lowest BCUT2D eigenvalue weighted by Gasteiger charge is -2.13. The molecule has 0 radical (unpaired) electrons. The average molecular weight is 374 g/mol. The first kappa shape index (κ1) is 23.2. The van der Waals surface area contributed by atoms with Crippen LogP contribution < -0.4 is 10.6 Å². The number of rotatable bonds is 10. The molecule has 0 aliphatic carbocycles. The SMILES string of the molecule is CCOC(=O)N[C@H](C)COC(=O)/C=C/C(=O)OC[C@@H](C)NC(=O)OCC. The zero-order valence-corrected chi connectivity index (χ0v) is 15.4. The fraction of sp³-hybridized carbons (Fsp3) is 0.625. The lowest BCUT2D eigenvalue weighted by molar-refractivity contribution is -0.141. The average Bonchev–Trinajstić information content (AvgIpc) is 2.56. The maximum Gasteiger partial charge on any atom is 0.407 e. The molecule has 0 aromatic rings. The van der Waals surface area contributed by atoms with E-state index in [1.54, 1.807) is 27.7 Å². The minimum atomic E-state index is -0.767. The van der Waals surface area contributed by atoms with Crippen LogP contribution in [0.15, 0.2) is 12.2 Å². The van der Waals surface area contributed by atoms with Crippen LogP contribution in [0.5, 0.6) is 0 Å². The summed E-state index contributed by atoms with van der Waals surface area (Å²) in [5.74, 6) is -1.53. The summed E-state index contributed by atoms with van der Waals surface area (Å²) in [6, 6.07) is -0.902. The Kier molecular flexibility index (Phi) is 12.1. The van der Waals surface area contributed by atoms with Crippen molar-refractivity contribution in [3.8, 4) is 0 Å². The Hall–Kier alpha value is -2.78. The van der Waals surface area contributed by atoms with E-state index in [9.17, 15) is 19.2 Å². The summed E-state index contributed by atoms with van der Waals surface area (Å²) in [7, 11) is 0. The minimum Gasteiger partial charge on any atom is -0.460 e. The van der Waals surface area contributed by atoms with Crippen molar-refractivity contribution in [1.82, 2.24) is 10.6 Å². The smallest absolute Gasteiger partial charge is 0.407 e. The highest BCUT2D eigenvalue weighted by molar-refractivity contribution is 5.91. The van der Waals surface area contributed by atoms with E-state index < -0.39 is 36.2 Å². The summed E-state index contributed by atoms with van der Waals surface area (Å²) in [5.41, 5.74) is 0. The first-order valence-electron chi connectivity index (χ1n) is 8.16. The zero-order valence-electron chi connectivity index (χ0n) is 15.4. The molecule has 2 atom stereocenters. The van der Waals surface area contributed by atoms with E-state index >= 15 is 0 Å². The van der Waals surface area contributed by atoms with Gasteiger partial charge in [-0.3, -0.25) is 0 Å². The van der Waals surface area contributed by atoms with Crippen LogP contribution in [0.3, 0.4) is 0 Å². The molecule has 0 saturated heterocycles. The standard InChI is InChI=1S/C16H26N2O8/c1-5-23-15(21)17-11(3)9-25-13(19)7-8-14(20)26-10-12(4)18-16(22)24-6-2/h7-8,11-12H,5-6,9-10H2,1-4H3,(H,17,21)(H,18,22)/b8-7+/t11-,12-/m1/s1. The summed E-state index contributed by atoms with van der Waals surface area (Å²) in [6.07, 6.45) is 0.590. The Balaban J connectivity index is 4.02. The molecule has 0 aliphatic heterocycles. The van der Waals surface area contributed by atoms with E-state index in [2.05, 4.69) is 20.1 Å². The molecule has 26 heavy (non-hydrogen) atoms. The second-order valence-electron chi connectivity index (χ2n) is 5.13. The molecule has 0 unspecified atom stereocenters. The number of carbonyl (C=O) groups is 4. The highest BCUT2D eigenvalue weighted by Gasteiger charge is 2.11. The largest absolute Gasteiger partial charge is 0.460 e. The van der Waals surface area contributed by atoms with Crippen LogP contribution in [-0.2, 0) is 28.5 Å². The third-order valence-corrected chi connectivity index (χ3v) is 2.59. The van der Waals surface area contributed by atoms with Crippen molar-refractivity contribution in [2.45, 2.75) is 39.8 Å². The molecule has 0 heterocycles. The van der Waals surface area contributed by atoms with Crippen LogP contribution in [0, 0.1) is 0 Å². The second kappa shape index (κ2) is 13.5. The molecule has 2 amide bonds. The van der Waals surface area contributed by atoms with Gasteiger partial charge in [-0.25, -0.2) is 19.2 Å². The highest BCUT2D eigenvalue weighted by atomic mass is 16.6. The van der Waals surface area contributed by atoms with Crippen LogP contribution in [-0.4, -0.2) is 62.6 Å². The Labute approximate surface area is 152 Å². The zero-order chi connectivity index (χ0) is 19.9. The van der Waals surface area contributed by atoms with Crippen LogP contribution in [0.2, 0.25) is 0 Å². The third-order valence-electron chi connectivity index (χ3n) is 2.59. The maximum absolute atomic E-state index is 11.5. The van der Waals surface area contributed by atoms with E-state index in [1.807, 2.05) is 0 Å². The summed E-state index contributed by atoms with van der Waals surface area (Å²) in [5, 5.41) is 4.92. The van der Waals surface area contributed by atoms with E-state index in [1.165, 1.54) is 0 Å². The van der Waals surface area contributed by atoms with E-state index in [4.69, 9.17) is 9.47 Å². The number of alkyl carbamates (subject to hydrolysis) is 2. The van der Waals surface area contributed by atoms with Gasteiger partial charge in [-0.1, -0.05) is 0 Å². The summed E-state index contributed by atoms with van der Waals surface area (Å²) >= 11 is 0. The van der Waals surface area contributed by atoms with Gasteiger partial charge in [0, 0.05) is 12.2 Å². The molecule has 0 aromatic carbocycles. The molecule has 2 N–H and O–H groups in total. The predicted molar refractivity (Wildman–Crippen MR) is 90.3 cm³/mol. The molecule has 0 bridgehead atoms. The highest BCUT2D eigenvalue weighted by Crippen LogP contribution is 1.92. The molecular formula is C16H26N2O8. The molecule has 0 aromatic heterocycles. The first-order valence-corrected chi connectivity index (χ1v) is 8.16. The Bertz CT molecular complexity index is 462. The van der Waals surface area contributed by atoms with Crippen molar-refractivity contribution in [2.24, 2.45) is 0 Å². The lowest BCUT2D eigenvalue weighted by atomic mass is 10.4. The molecule has 0 aliphatic rings. The number of esters is 2. The number of amides is 2. The van der Waals surface area contributed by atoms with Gasteiger partial charge in [0.15, 0.2) is 0 Å². The van der Waals surface area contributed by atoms with Gasteiger partial charge < -0.3 is 29.6 Å². The van der Waals surface area contributed by atoms with Gasteiger partial charge in [0.1, 0.15) is 13.2 Å².